The van der Waals surface area contributed by atoms with Crippen LogP contribution in [-0.2, 0) is 0 Å². The Morgan fingerprint density at radius 1 is 0.224 bits per heavy atom. The Balaban J connectivity index is 1.26. The SMILES string of the molecule is C1=C(c2ccccc2-c2ccccc2)C=C2C=C(c3ccccc3-c3ccccc3)C=C3C=C(c4ccccc4-c4ccccc4)C=C1N23. The van der Waals surface area contributed by atoms with Crippen molar-refractivity contribution in [1.82, 2.24) is 4.90 Å². The number of benzene rings is 6. The van der Waals surface area contributed by atoms with Gasteiger partial charge in [-0.25, -0.2) is 0 Å². The lowest BCUT2D eigenvalue weighted by molar-refractivity contribution is 0.567. The summed E-state index contributed by atoms with van der Waals surface area (Å²) in [6, 6.07) is 58.4. The van der Waals surface area contributed by atoms with E-state index in [-0.39, 0.29) is 0 Å². The first kappa shape index (κ1) is 28.8. The van der Waals surface area contributed by atoms with E-state index in [0.29, 0.717) is 0 Å². The Hall–Kier alpha value is -6.44. The third-order valence-electron chi connectivity index (χ3n) is 9.56. The zero-order chi connectivity index (χ0) is 32.6. The van der Waals surface area contributed by atoms with Gasteiger partial charge in [-0.2, -0.15) is 0 Å². The Bertz CT molecular complexity index is 2130. The van der Waals surface area contributed by atoms with Crippen molar-refractivity contribution in [2.24, 2.45) is 0 Å². The van der Waals surface area contributed by atoms with Gasteiger partial charge in [0, 0.05) is 17.1 Å². The Morgan fingerprint density at radius 3 is 0.755 bits per heavy atom. The summed E-state index contributed by atoms with van der Waals surface area (Å²) in [6.45, 7) is 0. The molecule has 0 spiro atoms. The minimum absolute atomic E-state index is 1.16. The monoisotopic (exact) mass is 623 g/mol. The van der Waals surface area contributed by atoms with E-state index in [4.69, 9.17) is 0 Å². The van der Waals surface area contributed by atoms with Crippen LogP contribution in [-0.4, -0.2) is 4.90 Å². The van der Waals surface area contributed by atoms with Crippen molar-refractivity contribution in [3.63, 3.8) is 0 Å². The van der Waals surface area contributed by atoms with E-state index in [0.717, 1.165) is 17.1 Å². The van der Waals surface area contributed by atoms with Crippen LogP contribution in [0.4, 0.5) is 0 Å². The molecule has 0 N–H and O–H groups in total. The summed E-state index contributed by atoms with van der Waals surface area (Å²) in [5.41, 5.74) is 18.1. The molecule has 0 unspecified atom stereocenters. The molecule has 230 valence electrons. The van der Waals surface area contributed by atoms with Crippen LogP contribution in [0.3, 0.4) is 0 Å². The molecule has 0 aromatic heterocycles. The van der Waals surface area contributed by atoms with Crippen LogP contribution < -0.4 is 0 Å². The summed E-state index contributed by atoms with van der Waals surface area (Å²) in [5.74, 6) is 0. The highest BCUT2D eigenvalue weighted by molar-refractivity contribution is 5.96. The van der Waals surface area contributed by atoms with Gasteiger partial charge in [-0.05, 0) is 103 Å². The number of allylic oxidation sites excluding steroid dienone is 9. The Morgan fingerprint density at radius 2 is 0.469 bits per heavy atom. The largest absolute Gasteiger partial charge is 0.310 e. The molecule has 1 nitrogen and oxygen atoms in total. The van der Waals surface area contributed by atoms with Crippen LogP contribution >= 0.6 is 0 Å². The summed E-state index contributed by atoms with van der Waals surface area (Å²) in [6.07, 6.45) is 14.1. The maximum atomic E-state index is 2.40. The first-order chi connectivity index (χ1) is 24.3. The van der Waals surface area contributed by atoms with Crippen LogP contribution in [0, 0.1) is 0 Å². The fraction of sp³-hybridized carbons (Fsp3) is 0. The van der Waals surface area contributed by atoms with E-state index >= 15 is 0 Å². The third kappa shape index (κ3) is 5.32. The lowest BCUT2D eigenvalue weighted by Gasteiger charge is -2.38. The molecule has 0 amide bonds. The average molecular weight is 624 g/mol. The van der Waals surface area contributed by atoms with Crippen molar-refractivity contribution in [3.05, 3.63) is 234 Å². The van der Waals surface area contributed by atoms with E-state index in [1.165, 1.54) is 66.8 Å². The minimum Gasteiger partial charge on any atom is -0.310 e. The second-order valence-electron chi connectivity index (χ2n) is 12.6. The number of hydrogen-bond acceptors (Lipinski definition) is 1. The summed E-state index contributed by atoms with van der Waals surface area (Å²) in [4.78, 5) is 2.40. The van der Waals surface area contributed by atoms with E-state index in [9.17, 15) is 0 Å². The first-order valence-corrected chi connectivity index (χ1v) is 16.8. The van der Waals surface area contributed by atoms with Crippen LogP contribution in [0.15, 0.2) is 217 Å². The van der Waals surface area contributed by atoms with Crippen LogP contribution in [0.1, 0.15) is 16.7 Å². The fourth-order valence-corrected chi connectivity index (χ4v) is 7.32. The van der Waals surface area contributed by atoms with Gasteiger partial charge in [-0.15, -0.1) is 0 Å². The number of rotatable bonds is 6. The van der Waals surface area contributed by atoms with Gasteiger partial charge in [0.2, 0.25) is 0 Å². The van der Waals surface area contributed by atoms with E-state index in [1.54, 1.807) is 0 Å². The van der Waals surface area contributed by atoms with Gasteiger partial charge >= 0.3 is 0 Å². The zero-order valence-electron chi connectivity index (χ0n) is 27.0. The molecular formula is C48H33N. The second-order valence-corrected chi connectivity index (χ2v) is 12.6. The molecular weight excluding hydrogens is 591 g/mol. The highest BCUT2D eigenvalue weighted by Gasteiger charge is 2.29. The Kier molecular flexibility index (Phi) is 7.22. The van der Waals surface area contributed by atoms with Gasteiger partial charge in [-0.1, -0.05) is 164 Å². The van der Waals surface area contributed by atoms with Crippen molar-refractivity contribution >= 4 is 16.7 Å². The lowest BCUT2D eigenvalue weighted by Crippen LogP contribution is -2.26. The van der Waals surface area contributed by atoms with Gasteiger partial charge < -0.3 is 4.90 Å². The topological polar surface area (TPSA) is 3.24 Å². The number of hydrogen-bond donors (Lipinski definition) is 0. The normalized spacial score (nSPS) is 14.8. The van der Waals surface area contributed by atoms with Crippen molar-refractivity contribution < 1.29 is 0 Å². The summed E-state index contributed by atoms with van der Waals surface area (Å²) in [5, 5.41) is 0. The first-order valence-electron chi connectivity index (χ1n) is 16.8. The van der Waals surface area contributed by atoms with Gasteiger partial charge in [0.05, 0.1) is 0 Å². The second kappa shape index (κ2) is 12.3. The van der Waals surface area contributed by atoms with Crippen molar-refractivity contribution in [1.29, 1.82) is 0 Å². The molecule has 0 atom stereocenters. The predicted octanol–water partition coefficient (Wildman–Crippen LogP) is 12.2. The van der Waals surface area contributed by atoms with Gasteiger partial charge in [0.15, 0.2) is 0 Å². The molecule has 0 fully saturated rings. The molecule has 9 rings (SSSR count). The molecule has 0 saturated carbocycles. The molecule has 0 aliphatic carbocycles. The summed E-state index contributed by atoms with van der Waals surface area (Å²) >= 11 is 0. The van der Waals surface area contributed by atoms with Crippen molar-refractivity contribution in [3.8, 4) is 33.4 Å². The molecule has 3 heterocycles. The molecule has 0 bridgehead atoms. The van der Waals surface area contributed by atoms with Crippen LogP contribution in [0.2, 0.25) is 0 Å². The van der Waals surface area contributed by atoms with E-state index in [1.807, 2.05) is 0 Å². The minimum atomic E-state index is 1.16. The molecule has 6 aromatic carbocycles. The average Bonchev–Trinajstić information content (AvgIpc) is 3.18. The van der Waals surface area contributed by atoms with Crippen molar-refractivity contribution in [2.45, 2.75) is 0 Å². The maximum absolute atomic E-state index is 2.40. The maximum Gasteiger partial charge on any atom is 0.0474 e. The number of nitrogens with zero attached hydrogens (tertiary/aromatic N) is 1. The van der Waals surface area contributed by atoms with Crippen molar-refractivity contribution in [2.75, 3.05) is 0 Å². The van der Waals surface area contributed by atoms with Crippen LogP contribution in [0.5, 0.6) is 0 Å². The quantitative estimate of drug-likeness (QED) is 0.178. The van der Waals surface area contributed by atoms with E-state index < -0.39 is 0 Å². The molecule has 3 aliphatic heterocycles. The summed E-state index contributed by atoms with van der Waals surface area (Å²) in [7, 11) is 0. The summed E-state index contributed by atoms with van der Waals surface area (Å²) < 4.78 is 0. The smallest absolute Gasteiger partial charge is 0.0474 e. The Labute approximate surface area is 288 Å². The molecule has 0 saturated heterocycles. The molecule has 3 aliphatic rings. The van der Waals surface area contributed by atoms with Gasteiger partial charge in [-0.3, -0.25) is 0 Å². The molecule has 6 aromatic rings. The predicted molar refractivity (Wildman–Crippen MR) is 206 cm³/mol. The van der Waals surface area contributed by atoms with E-state index in [2.05, 4.69) is 205 Å². The highest BCUT2D eigenvalue weighted by atomic mass is 15.2. The van der Waals surface area contributed by atoms with Crippen LogP contribution in [0.25, 0.3) is 50.1 Å². The van der Waals surface area contributed by atoms with Gasteiger partial charge in [0.25, 0.3) is 0 Å². The fourth-order valence-electron chi connectivity index (χ4n) is 7.32. The molecule has 0 radical (unpaired) electrons. The third-order valence-corrected chi connectivity index (χ3v) is 9.56. The molecule has 1 heteroatoms. The van der Waals surface area contributed by atoms with Gasteiger partial charge in [0.1, 0.15) is 0 Å². The molecule has 49 heavy (non-hydrogen) atoms. The lowest BCUT2D eigenvalue weighted by atomic mass is 9.85. The highest BCUT2D eigenvalue weighted by Crippen LogP contribution is 2.46. The zero-order valence-corrected chi connectivity index (χ0v) is 27.0. The standard InChI is InChI=1S/C48H33N/c1-4-16-34(17-5-1)43-22-10-13-25-46(43)37-28-40-30-38(47-26-14-11-23-44(47)35-18-6-2-7-19-35)32-42-33-39(31-41(29-37)49(40)42)48-27-15-12-24-45(48)36-20-8-3-9-21-36/h1-33H.